The van der Waals surface area contributed by atoms with Crippen molar-refractivity contribution in [2.45, 2.75) is 89.6 Å². The molecule has 2 aromatic rings. The normalized spacial score (nSPS) is 21.7. The Hall–Kier alpha value is -2.83. The fraction of sp³-hybridized carbons (Fsp3) is 0.600. The second-order valence-electron chi connectivity index (χ2n) is 8.81. The summed E-state index contributed by atoms with van der Waals surface area (Å²) < 4.78 is 18.9. The zero-order valence-electron chi connectivity index (χ0n) is 20.3. The number of anilines is 1. The molecule has 10 heteroatoms. The van der Waals surface area contributed by atoms with Gasteiger partial charge in [0.2, 0.25) is 10.9 Å². The zero-order chi connectivity index (χ0) is 25.4. The molecule has 0 saturated carbocycles. The summed E-state index contributed by atoms with van der Waals surface area (Å²) in [6.45, 7) is 3.24. The van der Waals surface area contributed by atoms with Crippen molar-refractivity contribution in [2.24, 2.45) is 0 Å². The second kappa shape index (κ2) is 12.2. The topological polar surface area (TPSA) is 119 Å². The van der Waals surface area contributed by atoms with Crippen molar-refractivity contribution in [3.63, 3.8) is 0 Å². The summed E-state index contributed by atoms with van der Waals surface area (Å²) in [5.41, 5.74) is 4.97. The molecular formula is C25H33ClN4O5. The fourth-order valence-corrected chi connectivity index (χ4v) is 4.47. The maximum absolute atomic E-state index is 12.4. The van der Waals surface area contributed by atoms with Gasteiger partial charge in [-0.1, -0.05) is 51.4 Å². The highest BCUT2D eigenvalue weighted by molar-refractivity contribution is 6.28. The first-order valence-corrected chi connectivity index (χ1v) is 12.5. The summed E-state index contributed by atoms with van der Waals surface area (Å²) in [6.07, 6.45) is 14.3. The third-order valence-corrected chi connectivity index (χ3v) is 6.32. The monoisotopic (exact) mass is 504 g/mol. The van der Waals surface area contributed by atoms with E-state index in [1.807, 2.05) is 0 Å². The van der Waals surface area contributed by atoms with Gasteiger partial charge in [-0.2, -0.15) is 4.98 Å². The first-order valence-electron chi connectivity index (χ1n) is 12.1. The van der Waals surface area contributed by atoms with Crippen molar-refractivity contribution < 1.29 is 23.8 Å². The van der Waals surface area contributed by atoms with Crippen molar-refractivity contribution in [1.82, 2.24) is 14.5 Å². The molecule has 1 aliphatic heterocycles. The molecule has 190 valence electrons. The molecule has 3 rings (SSSR count). The summed E-state index contributed by atoms with van der Waals surface area (Å²) in [5, 5.41) is 0.591. The third-order valence-electron chi connectivity index (χ3n) is 6.15. The van der Waals surface area contributed by atoms with Gasteiger partial charge >= 0.3 is 11.9 Å². The summed E-state index contributed by atoms with van der Waals surface area (Å²) in [6, 6.07) is 1.74. The van der Waals surface area contributed by atoms with E-state index >= 15 is 0 Å². The minimum Gasteiger partial charge on any atom is -0.461 e. The van der Waals surface area contributed by atoms with Gasteiger partial charge in [-0.15, -0.1) is 6.42 Å². The number of nitrogen functional groups attached to an aromatic ring is 1. The van der Waals surface area contributed by atoms with Crippen LogP contribution in [0.2, 0.25) is 5.28 Å². The Balaban J connectivity index is 1.66. The Kier molecular flexibility index (Phi) is 9.35. The van der Waals surface area contributed by atoms with Gasteiger partial charge < -0.3 is 24.5 Å². The molecule has 2 N–H and O–H groups in total. The van der Waals surface area contributed by atoms with Gasteiger partial charge in [0.15, 0.2) is 0 Å². The Morgan fingerprint density at radius 1 is 1.29 bits per heavy atom. The van der Waals surface area contributed by atoms with Crippen LogP contribution in [0.15, 0.2) is 12.3 Å². The summed E-state index contributed by atoms with van der Waals surface area (Å²) in [7, 11) is 0. The lowest BCUT2D eigenvalue weighted by Gasteiger charge is -2.28. The number of halogens is 1. The largest absolute Gasteiger partial charge is 0.461 e. The molecule has 35 heavy (non-hydrogen) atoms. The number of nitrogens with zero attached hydrogens (tertiary/aromatic N) is 3. The Bertz CT molecular complexity index is 1080. The molecule has 0 radical (unpaired) electrons. The maximum atomic E-state index is 12.4. The number of hydrogen-bond acceptors (Lipinski definition) is 8. The van der Waals surface area contributed by atoms with E-state index in [4.69, 9.17) is 38.0 Å². The molecule has 0 bridgehead atoms. The SMILES string of the molecule is C#CC1(COC(=O)CCCCCCCCC)O[C@@H](n2ccc3c(N)nc(Cl)nc32)C[C@@H]1OC(C)=O. The van der Waals surface area contributed by atoms with Crippen LogP contribution in [0.5, 0.6) is 0 Å². The third kappa shape index (κ3) is 6.65. The number of hydrogen-bond donors (Lipinski definition) is 1. The van der Waals surface area contributed by atoms with Crippen molar-refractivity contribution in [1.29, 1.82) is 0 Å². The molecule has 1 fully saturated rings. The maximum Gasteiger partial charge on any atom is 0.305 e. The molecule has 9 nitrogen and oxygen atoms in total. The van der Waals surface area contributed by atoms with Gasteiger partial charge in [-0.25, -0.2) is 4.98 Å². The highest BCUT2D eigenvalue weighted by atomic mass is 35.5. The number of unbranched alkanes of at least 4 members (excludes halogenated alkanes) is 6. The summed E-state index contributed by atoms with van der Waals surface area (Å²) in [5.74, 6) is 1.93. The highest BCUT2D eigenvalue weighted by Gasteiger charge is 2.52. The number of carbonyl (C=O) groups excluding carboxylic acids is 2. The molecule has 0 aromatic carbocycles. The number of ether oxygens (including phenoxy) is 3. The Morgan fingerprint density at radius 2 is 2.00 bits per heavy atom. The smallest absolute Gasteiger partial charge is 0.305 e. The number of terminal acetylenes is 1. The van der Waals surface area contributed by atoms with Gasteiger partial charge in [-0.05, 0) is 24.1 Å². The number of esters is 2. The fourth-order valence-electron chi connectivity index (χ4n) is 4.30. The van der Waals surface area contributed by atoms with Crippen LogP contribution in [0.4, 0.5) is 5.82 Å². The quantitative estimate of drug-likeness (QED) is 0.193. The average Bonchev–Trinajstić information content (AvgIpc) is 3.38. The van der Waals surface area contributed by atoms with E-state index < -0.39 is 23.9 Å². The molecule has 0 spiro atoms. The molecule has 0 amide bonds. The van der Waals surface area contributed by atoms with E-state index in [0.717, 1.165) is 19.3 Å². The van der Waals surface area contributed by atoms with Gasteiger partial charge in [0, 0.05) is 26.0 Å². The first-order chi connectivity index (χ1) is 16.8. The standard InChI is InChI=1S/C25H33ClN4O5/c1-4-6-7-8-9-10-11-12-21(32)33-16-25(5-2)19(34-17(3)31)15-20(35-25)30-14-13-18-22(27)28-24(26)29-23(18)30/h2,13-14,19-20H,4,6-12,15-16H2,1,3H3,(H2,27,28,29)/t19-,20+,25?/m0/s1. The molecule has 0 aliphatic carbocycles. The lowest BCUT2D eigenvalue weighted by molar-refractivity contribution is -0.165. The van der Waals surface area contributed by atoms with E-state index in [-0.39, 0.29) is 30.1 Å². The van der Waals surface area contributed by atoms with Gasteiger partial charge in [0.05, 0.1) is 5.39 Å². The highest BCUT2D eigenvalue weighted by Crippen LogP contribution is 2.40. The van der Waals surface area contributed by atoms with Crippen molar-refractivity contribution >= 4 is 40.4 Å². The number of nitrogens with two attached hydrogens (primary N) is 1. The molecular weight excluding hydrogens is 472 g/mol. The predicted octanol–water partition coefficient (Wildman–Crippen LogP) is 4.57. The van der Waals surface area contributed by atoms with Crippen LogP contribution in [0, 0.1) is 12.3 Å². The first kappa shape index (κ1) is 26.8. The number of fused-ring (bicyclic) bond motifs is 1. The van der Waals surface area contributed by atoms with Crippen molar-refractivity contribution in [2.75, 3.05) is 12.3 Å². The van der Waals surface area contributed by atoms with E-state index in [1.165, 1.54) is 32.6 Å². The van der Waals surface area contributed by atoms with Crippen LogP contribution in [-0.4, -0.2) is 44.8 Å². The number of carbonyl (C=O) groups is 2. The van der Waals surface area contributed by atoms with Gasteiger partial charge in [0.1, 0.15) is 30.4 Å². The predicted molar refractivity (Wildman–Crippen MR) is 132 cm³/mol. The average molecular weight is 505 g/mol. The number of aromatic nitrogens is 3. The van der Waals surface area contributed by atoms with Crippen molar-refractivity contribution in [3.8, 4) is 12.3 Å². The van der Waals surface area contributed by atoms with Crippen LogP contribution >= 0.6 is 11.6 Å². The Morgan fingerprint density at radius 3 is 2.69 bits per heavy atom. The van der Waals surface area contributed by atoms with Crippen LogP contribution in [0.1, 0.15) is 77.9 Å². The Labute approximate surface area is 210 Å². The molecule has 1 unspecified atom stereocenters. The van der Waals surface area contributed by atoms with E-state index in [1.54, 1.807) is 16.8 Å². The van der Waals surface area contributed by atoms with E-state index in [2.05, 4.69) is 22.8 Å². The van der Waals surface area contributed by atoms with Crippen LogP contribution < -0.4 is 5.73 Å². The zero-order valence-corrected chi connectivity index (χ0v) is 21.1. The summed E-state index contributed by atoms with van der Waals surface area (Å²) in [4.78, 5) is 32.4. The van der Waals surface area contributed by atoms with Crippen LogP contribution in [-0.2, 0) is 23.8 Å². The van der Waals surface area contributed by atoms with Crippen LogP contribution in [0.3, 0.4) is 0 Å². The van der Waals surface area contributed by atoms with Crippen LogP contribution in [0.25, 0.3) is 11.0 Å². The lowest BCUT2D eigenvalue weighted by atomic mass is 9.98. The van der Waals surface area contributed by atoms with Gasteiger partial charge in [0.25, 0.3) is 0 Å². The molecule has 2 aromatic heterocycles. The van der Waals surface area contributed by atoms with Gasteiger partial charge in [-0.3, -0.25) is 9.59 Å². The number of rotatable bonds is 12. The molecule has 3 atom stereocenters. The van der Waals surface area contributed by atoms with Crippen molar-refractivity contribution in [3.05, 3.63) is 17.5 Å². The lowest BCUT2D eigenvalue weighted by Crippen LogP contribution is -2.45. The molecule has 1 saturated heterocycles. The minimum absolute atomic E-state index is 0.00742. The van der Waals surface area contributed by atoms with E-state index in [9.17, 15) is 9.59 Å². The summed E-state index contributed by atoms with van der Waals surface area (Å²) >= 11 is 5.99. The van der Waals surface area contributed by atoms with E-state index in [0.29, 0.717) is 17.5 Å². The minimum atomic E-state index is -1.44. The second-order valence-corrected chi connectivity index (χ2v) is 9.15. The molecule has 1 aliphatic rings. The molecule has 3 heterocycles.